The molecular formula is C12H10N2O2. The van der Waals surface area contributed by atoms with Gasteiger partial charge in [-0.3, -0.25) is 9.48 Å². The highest BCUT2D eigenvalue weighted by molar-refractivity contribution is 5.80. The zero-order valence-corrected chi connectivity index (χ0v) is 8.77. The lowest BCUT2D eigenvalue weighted by Gasteiger charge is -1.94. The number of aryl methyl sites for hydroxylation is 1. The molecule has 0 saturated carbocycles. The van der Waals surface area contributed by atoms with Crippen molar-refractivity contribution in [2.24, 2.45) is 7.05 Å². The van der Waals surface area contributed by atoms with Gasteiger partial charge in [-0.25, -0.2) is 0 Å². The molecule has 1 aromatic carbocycles. The Morgan fingerprint density at radius 3 is 3.12 bits per heavy atom. The smallest absolute Gasteiger partial charge is 0.315 e. The number of hydrogen-bond acceptors (Lipinski definition) is 2. The quantitative estimate of drug-likeness (QED) is 0.730. The summed E-state index contributed by atoms with van der Waals surface area (Å²) < 4.78 is 1.76. The third-order valence-electron chi connectivity index (χ3n) is 2.22. The van der Waals surface area contributed by atoms with Crippen LogP contribution in [0.5, 0.6) is 0 Å². The van der Waals surface area contributed by atoms with Crippen LogP contribution < -0.4 is 0 Å². The molecule has 0 aliphatic heterocycles. The molecule has 4 heteroatoms. The summed E-state index contributed by atoms with van der Waals surface area (Å²) in [5.74, 6) is 4.50. The number of carbonyl (C=O) groups is 1. The Kier molecular flexibility index (Phi) is 2.61. The Morgan fingerprint density at radius 1 is 1.56 bits per heavy atom. The lowest BCUT2D eigenvalue weighted by molar-refractivity contribution is -0.135. The minimum absolute atomic E-state index is 0.135. The normalized spacial score (nSPS) is 9.81. The molecule has 1 N–H and O–H groups in total. The highest BCUT2D eigenvalue weighted by Gasteiger charge is 1.99. The number of fused-ring (bicyclic) bond motifs is 1. The maximum absolute atomic E-state index is 10.3. The van der Waals surface area contributed by atoms with Gasteiger partial charge < -0.3 is 5.11 Å². The maximum atomic E-state index is 10.3. The van der Waals surface area contributed by atoms with Crippen LogP contribution in [0.1, 0.15) is 12.0 Å². The van der Waals surface area contributed by atoms with Crippen LogP contribution in [0.25, 0.3) is 10.9 Å². The van der Waals surface area contributed by atoms with E-state index < -0.39 is 5.97 Å². The summed E-state index contributed by atoms with van der Waals surface area (Å²) in [6.07, 6.45) is 1.65. The van der Waals surface area contributed by atoms with Crippen LogP contribution in [-0.2, 0) is 11.8 Å². The van der Waals surface area contributed by atoms with Crippen molar-refractivity contribution < 1.29 is 9.90 Å². The molecule has 0 atom stereocenters. The topological polar surface area (TPSA) is 55.1 Å². The summed E-state index contributed by atoms with van der Waals surface area (Å²) in [5.41, 5.74) is 1.79. The first-order chi connectivity index (χ1) is 7.66. The SMILES string of the molecule is Cn1ncc2ccc(C#CCC(=O)O)cc21. The van der Waals surface area contributed by atoms with Gasteiger partial charge in [-0.15, -0.1) is 0 Å². The van der Waals surface area contributed by atoms with Crippen LogP contribution in [0.4, 0.5) is 0 Å². The van der Waals surface area contributed by atoms with Crippen LogP contribution in [0, 0.1) is 11.8 Å². The Balaban J connectivity index is 2.34. The molecule has 0 saturated heterocycles. The third kappa shape index (κ3) is 2.04. The van der Waals surface area contributed by atoms with Crippen molar-refractivity contribution >= 4 is 16.9 Å². The van der Waals surface area contributed by atoms with Crippen molar-refractivity contribution in [1.29, 1.82) is 0 Å². The van der Waals surface area contributed by atoms with E-state index in [0.29, 0.717) is 0 Å². The Hall–Kier alpha value is -2.28. The first-order valence-electron chi connectivity index (χ1n) is 4.79. The molecule has 0 unspecified atom stereocenters. The van der Waals surface area contributed by atoms with Crippen molar-refractivity contribution in [3.05, 3.63) is 30.0 Å². The predicted molar refractivity (Wildman–Crippen MR) is 59.8 cm³/mol. The number of hydrogen-bond donors (Lipinski definition) is 1. The lowest BCUT2D eigenvalue weighted by Crippen LogP contribution is -1.91. The van der Waals surface area contributed by atoms with E-state index in [1.807, 2.05) is 25.2 Å². The maximum Gasteiger partial charge on any atom is 0.315 e. The fourth-order valence-corrected chi connectivity index (χ4v) is 1.44. The number of aliphatic carboxylic acids is 1. The molecule has 0 fully saturated rings. The molecule has 16 heavy (non-hydrogen) atoms. The lowest BCUT2D eigenvalue weighted by atomic mass is 10.1. The number of carboxylic acids is 1. The van der Waals surface area contributed by atoms with Gasteiger partial charge in [0.05, 0.1) is 11.7 Å². The molecule has 2 rings (SSSR count). The third-order valence-corrected chi connectivity index (χ3v) is 2.22. The van der Waals surface area contributed by atoms with Crippen molar-refractivity contribution in [3.8, 4) is 11.8 Å². The van der Waals surface area contributed by atoms with Gasteiger partial charge in [0.15, 0.2) is 0 Å². The molecule has 0 amide bonds. The standard InChI is InChI=1S/C12H10N2O2/c1-14-11-7-9(3-2-4-12(15)16)5-6-10(11)8-13-14/h5-8H,4H2,1H3,(H,15,16). The number of nitrogens with zero attached hydrogens (tertiary/aromatic N) is 2. The molecule has 0 bridgehead atoms. The van der Waals surface area contributed by atoms with Gasteiger partial charge in [0.2, 0.25) is 0 Å². The molecule has 0 spiro atoms. The van der Waals surface area contributed by atoms with Crippen LogP contribution in [0.2, 0.25) is 0 Å². The Labute approximate surface area is 92.5 Å². The van der Waals surface area contributed by atoms with E-state index in [1.54, 1.807) is 10.9 Å². The second-order valence-electron chi connectivity index (χ2n) is 3.41. The van der Waals surface area contributed by atoms with E-state index in [1.165, 1.54) is 0 Å². The van der Waals surface area contributed by atoms with Gasteiger partial charge >= 0.3 is 5.97 Å². The van der Waals surface area contributed by atoms with Crippen LogP contribution in [0.15, 0.2) is 24.4 Å². The zero-order chi connectivity index (χ0) is 11.5. The molecule has 80 valence electrons. The zero-order valence-electron chi connectivity index (χ0n) is 8.77. The number of carboxylic acid groups (broad SMARTS) is 1. The predicted octanol–water partition coefficient (Wildman–Crippen LogP) is 1.40. The van der Waals surface area contributed by atoms with Crippen molar-refractivity contribution in [1.82, 2.24) is 9.78 Å². The summed E-state index contributed by atoms with van der Waals surface area (Å²) in [4.78, 5) is 10.3. The summed E-state index contributed by atoms with van der Waals surface area (Å²) in [6.45, 7) is 0. The first kappa shape index (κ1) is 10.2. The van der Waals surface area contributed by atoms with Crippen molar-refractivity contribution in [2.75, 3.05) is 0 Å². The highest BCUT2D eigenvalue weighted by atomic mass is 16.4. The Morgan fingerprint density at radius 2 is 2.38 bits per heavy atom. The summed E-state index contributed by atoms with van der Waals surface area (Å²) >= 11 is 0. The van der Waals surface area contributed by atoms with Crippen LogP contribution in [0.3, 0.4) is 0 Å². The van der Waals surface area contributed by atoms with E-state index in [2.05, 4.69) is 16.9 Å². The molecule has 2 aromatic rings. The van der Waals surface area contributed by atoms with E-state index in [-0.39, 0.29) is 6.42 Å². The fourth-order valence-electron chi connectivity index (χ4n) is 1.44. The van der Waals surface area contributed by atoms with E-state index >= 15 is 0 Å². The molecule has 0 radical (unpaired) electrons. The van der Waals surface area contributed by atoms with Gasteiger partial charge in [-0.1, -0.05) is 11.8 Å². The Bertz CT molecular complexity index is 602. The number of aromatic nitrogens is 2. The first-order valence-corrected chi connectivity index (χ1v) is 4.79. The fraction of sp³-hybridized carbons (Fsp3) is 0.167. The van der Waals surface area contributed by atoms with E-state index in [4.69, 9.17) is 5.11 Å². The monoisotopic (exact) mass is 214 g/mol. The summed E-state index contributed by atoms with van der Waals surface area (Å²) in [7, 11) is 1.86. The van der Waals surface area contributed by atoms with Crippen molar-refractivity contribution in [3.63, 3.8) is 0 Å². The van der Waals surface area contributed by atoms with E-state index in [0.717, 1.165) is 16.5 Å². The molecule has 0 aliphatic rings. The average molecular weight is 214 g/mol. The largest absolute Gasteiger partial charge is 0.481 e. The molecule has 0 aliphatic carbocycles. The average Bonchev–Trinajstić information content (AvgIpc) is 2.60. The minimum Gasteiger partial charge on any atom is -0.481 e. The molecule has 1 aromatic heterocycles. The molecule has 1 heterocycles. The van der Waals surface area contributed by atoms with Gasteiger partial charge in [-0.2, -0.15) is 5.10 Å². The number of rotatable bonds is 1. The van der Waals surface area contributed by atoms with Crippen molar-refractivity contribution in [2.45, 2.75) is 6.42 Å². The van der Waals surface area contributed by atoms with Crippen LogP contribution >= 0.6 is 0 Å². The highest BCUT2D eigenvalue weighted by Crippen LogP contribution is 2.13. The van der Waals surface area contributed by atoms with Gasteiger partial charge in [0.1, 0.15) is 6.42 Å². The second-order valence-corrected chi connectivity index (χ2v) is 3.41. The number of benzene rings is 1. The molecular weight excluding hydrogens is 204 g/mol. The van der Waals surface area contributed by atoms with Gasteiger partial charge in [0.25, 0.3) is 0 Å². The van der Waals surface area contributed by atoms with E-state index in [9.17, 15) is 4.79 Å². The minimum atomic E-state index is -0.908. The summed E-state index contributed by atoms with van der Waals surface area (Å²) in [6, 6.07) is 5.68. The van der Waals surface area contributed by atoms with Gasteiger partial charge in [-0.05, 0) is 18.2 Å². The van der Waals surface area contributed by atoms with Gasteiger partial charge in [0, 0.05) is 18.0 Å². The second kappa shape index (κ2) is 4.07. The molecule has 4 nitrogen and oxygen atoms in total. The summed E-state index contributed by atoms with van der Waals surface area (Å²) in [5, 5.41) is 13.6. The van der Waals surface area contributed by atoms with Crippen LogP contribution in [-0.4, -0.2) is 20.9 Å².